The fourth-order valence-corrected chi connectivity index (χ4v) is 4.92. The maximum atomic E-state index is 13.0. The van der Waals surface area contributed by atoms with Crippen molar-refractivity contribution in [2.24, 2.45) is 0 Å². The lowest BCUT2D eigenvalue weighted by Gasteiger charge is -2.27. The minimum absolute atomic E-state index is 0.0943. The molecule has 37 heavy (non-hydrogen) atoms. The maximum Gasteiger partial charge on any atom is 0.346 e. The normalized spacial score (nSPS) is 13.2. The Labute approximate surface area is 216 Å². The Bertz CT molecular complexity index is 1220. The summed E-state index contributed by atoms with van der Waals surface area (Å²) in [5.74, 6) is -2.75. The molecule has 0 bridgehead atoms. The van der Waals surface area contributed by atoms with Crippen molar-refractivity contribution in [2.75, 3.05) is 6.54 Å². The Morgan fingerprint density at radius 1 is 0.838 bits per heavy atom. The number of aliphatic carboxylic acids is 1. The van der Waals surface area contributed by atoms with Gasteiger partial charge in [-0.15, -0.1) is 0 Å². The summed E-state index contributed by atoms with van der Waals surface area (Å²) in [7, 11) is -4.71. The van der Waals surface area contributed by atoms with Gasteiger partial charge in [0.2, 0.25) is 5.91 Å². The highest BCUT2D eigenvalue weighted by atomic mass is 31.2. The third kappa shape index (κ3) is 8.37. The van der Waals surface area contributed by atoms with Crippen LogP contribution in [-0.2, 0) is 20.6 Å². The zero-order valence-corrected chi connectivity index (χ0v) is 21.8. The van der Waals surface area contributed by atoms with Crippen molar-refractivity contribution >= 4 is 19.5 Å². The second-order valence-corrected chi connectivity index (χ2v) is 10.9. The summed E-state index contributed by atoms with van der Waals surface area (Å²) >= 11 is 0. The molecule has 0 aromatic heterocycles. The van der Waals surface area contributed by atoms with Gasteiger partial charge in [-0.1, -0.05) is 92.7 Å². The first-order chi connectivity index (χ1) is 17.5. The average Bonchev–Trinajstić information content (AvgIpc) is 2.86. The van der Waals surface area contributed by atoms with E-state index in [2.05, 4.69) is 10.6 Å². The van der Waals surface area contributed by atoms with Crippen molar-refractivity contribution in [1.82, 2.24) is 10.6 Å². The summed E-state index contributed by atoms with van der Waals surface area (Å²) in [6.07, 6.45) is -0.114. The highest BCUT2D eigenvalue weighted by Gasteiger charge is 2.34. The second kappa shape index (κ2) is 12.8. The molecule has 0 heterocycles. The van der Waals surface area contributed by atoms with Crippen LogP contribution in [0.25, 0.3) is 11.1 Å². The molecule has 0 aliphatic heterocycles. The van der Waals surface area contributed by atoms with Crippen LogP contribution in [0.1, 0.15) is 48.7 Å². The van der Waals surface area contributed by atoms with E-state index in [0.29, 0.717) is 5.56 Å². The van der Waals surface area contributed by atoms with Gasteiger partial charge in [0, 0.05) is 6.54 Å². The smallest absolute Gasteiger partial charge is 0.346 e. The molecule has 2 atom stereocenters. The Morgan fingerprint density at radius 3 is 1.95 bits per heavy atom. The molecule has 5 N–H and O–H groups in total. The molecule has 196 valence electrons. The van der Waals surface area contributed by atoms with Crippen LogP contribution in [0.5, 0.6) is 0 Å². The van der Waals surface area contributed by atoms with E-state index in [1.807, 2.05) is 80.6 Å². The summed E-state index contributed by atoms with van der Waals surface area (Å²) in [6.45, 7) is 3.95. The van der Waals surface area contributed by atoms with Gasteiger partial charge in [-0.2, -0.15) is 0 Å². The van der Waals surface area contributed by atoms with Gasteiger partial charge in [0.1, 0.15) is 5.78 Å². The number of carbonyl (C=O) groups excluding carboxylic acids is 1. The van der Waals surface area contributed by atoms with Gasteiger partial charge in [0.15, 0.2) is 0 Å². The van der Waals surface area contributed by atoms with Gasteiger partial charge < -0.3 is 20.2 Å². The van der Waals surface area contributed by atoms with E-state index >= 15 is 0 Å². The molecular formula is C28H33N2O6P. The highest BCUT2D eigenvalue weighted by Crippen LogP contribution is 2.50. The predicted octanol–water partition coefficient (Wildman–Crippen LogP) is 4.45. The fraction of sp³-hybridized carbons (Fsp3) is 0.286. The lowest BCUT2D eigenvalue weighted by atomic mass is 9.99. The minimum atomic E-state index is -4.71. The average molecular weight is 525 g/mol. The van der Waals surface area contributed by atoms with Crippen molar-refractivity contribution in [1.29, 1.82) is 0 Å². The fourth-order valence-electron chi connectivity index (χ4n) is 3.98. The molecule has 3 aromatic rings. The maximum absolute atomic E-state index is 13.0. The molecule has 0 aliphatic carbocycles. The van der Waals surface area contributed by atoms with Gasteiger partial charge in [0.25, 0.3) is 0 Å². The number of carboxylic acids is 1. The molecular weight excluding hydrogens is 491 g/mol. The van der Waals surface area contributed by atoms with Crippen LogP contribution in [0, 0.1) is 0 Å². The monoisotopic (exact) mass is 524 g/mol. The van der Waals surface area contributed by atoms with E-state index in [9.17, 15) is 23.9 Å². The van der Waals surface area contributed by atoms with E-state index in [4.69, 9.17) is 5.11 Å². The third-order valence-corrected chi connectivity index (χ3v) is 7.19. The molecule has 0 aliphatic rings. The molecule has 2 unspecified atom stereocenters. The van der Waals surface area contributed by atoms with Crippen LogP contribution in [0.2, 0.25) is 0 Å². The summed E-state index contributed by atoms with van der Waals surface area (Å²) in [6, 6.07) is 23.3. The van der Waals surface area contributed by atoms with E-state index in [0.717, 1.165) is 22.3 Å². The van der Waals surface area contributed by atoms with Crippen LogP contribution in [0.15, 0.2) is 78.9 Å². The van der Waals surface area contributed by atoms with Crippen molar-refractivity contribution < 1.29 is 29.0 Å². The molecule has 8 nitrogen and oxygen atoms in total. The second-order valence-electron chi connectivity index (χ2n) is 9.23. The van der Waals surface area contributed by atoms with Crippen LogP contribution in [0.3, 0.4) is 0 Å². The lowest BCUT2D eigenvalue weighted by Crippen LogP contribution is -2.47. The van der Waals surface area contributed by atoms with Crippen LogP contribution >= 0.6 is 7.60 Å². The topological polar surface area (TPSA) is 136 Å². The molecule has 0 fully saturated rings. The first-order valence-electron chi connectivity index (χ1n) is 12.1. The number of carboxylic acid groups (broad SMARTS) is 1. The molecule has 0 saturated carbocycles. The SMILES string of the molecule is CC(C)c1ccc(C(NC(Cc2ccc(-c3ccccc3)cc2)C(=O)NCCC(=O)O)P(=O)(O)O)cc1. The summed E-state index contributed by atoms with van der Waals surface area (Å²) < 4.78 is 12.5. The van der Waals surface area contributed by atoms with Crippen molar-refractivity contribution in [3.8, 4) is 11.1 Å². The number of nitrogens with one attached hydrogen (secondary N) is 2. The molecule has 3 aromatic carbocycles. The van der Waals surface area contributed by atoms with Crippen molar-refractivity contribution in [3.63, 3.8) is 0 Å². The predicted molar refractivity (Wildman–Crippen MR) is 143 cm³/mol. The first kappa shape index (κ1) is 28.3. The Kier molecular flexibility index (Phi) is 9.78. The number of hydrogen-bond acceptors (Lipinski definition) is 4. The highest BCUT2D eigenvalue weighted by molar-refractivity contribution is 7.52. The zero-order valence-electron chi connectivity index (χ0n) is 20.9. The quantitative estimate of drug-likeness (QED) is 0.221. The number of benzene rings is 3. The Morgan fingerprint density at radius 2 is 1.41 bits per heavy atom. The standard InChI is InChI=1S/C28H33N2O6P/c1-19(2)21-12-14-24(15-13-21)28(37(34,35)36)30-25(27(33)29-17-16-26(31)32)18-20-8-10-23(11-9-20)22-6-4-3-5-7-22/h3-15,19,25,28,30H,16-18H2,1-2H3,(H,29,33)(H,31,32)(H2,34,35,36). The van der Waals surface area contributed by atoms with E-state index in [1.165, 1.54) is 0 Å². The number of carbonyl (C=O) groups is 2. The summed E-state index contributed by atoms with van der Waals surface area (Å²) in [5, 5.41) is 14.4. The molecule has 0 saturated heterocycles. The molecule has 9 heteroatoms. The van der Waals surface area contributed by atoms with E-state index < -0.39 is 31.3 Å². The van der Waals surface area contributed by atoms with E-state index in [-0.39, 0.29) is 25.3 Å². The molecule has 0 radical (unpaired) electrons. The van der Waals surface area contributed by atoms with Crippen LogP contribution < -0.4 is 10.6 Å². The summed E-state index contributed by atoms with van der Waals surface area (Å²) in [4.78, 5) is 44.2. The molecule has 3 rings (SSSR count). The van der Waals surface area contributed by atoms with Gasteiger partial charge in [-0.05, 0) is 40.2 Å². The molecule has 1 amide bonds. The largest absolute Gasteiger partial charge is 0.481 e. The summed E-state index contributed by atoms with van der Waals surface area (Å²) in [5.41, 5.74) is 4.21. The number of rotatable bonds is 12. The first-order valence-corrected chi connectivity index (χ1v) is 13.8. The lowest BCUT2D eigenvalue weighted by molar-refractivity contribution is -0.137. The van der Waals surface area contributed by atoms with E-state index in [1.54, 1.807) is 12.1 Å². The zero-order chi connectivity index (χ0) is 27.0. The van der Waals surface area contributed by atoms with Crippen molar-refractivity contribution in [3.05, 3.63) is 95.6 Å². The van der Waals surface area contributed by atoms with Crippen molar-refractivity contribution in [2.45, 2.75) is 44.4 Å². The number of amides is 1. The minimum Gasteiger partial charge on any atom is -0.481 e. The molecule has 0 spiro atoms. The van der Waals surface area contributed by atoms with Gasteiger partial charge >= 0.3 is 13.6 Å². The Hall–Kier alpha value is -3.29. The number of hydrogen-bond donors (Lipinski definition) is 5. The van der Waals surface area contributed by atoms with Gasteiger partial charge in [-0.25, -0.2) is 0 Å². The van der Waals surface area contributed by atoms with Gasteiger partial charge in [-0.3, -0.25) is 19.5 Å². The van der Waals surface area contributed by atoms with Crippen LogP contribution in [0.4, 0.5) is 0 Å². The Balaban J connectivity index is 1.86. The van der Waals surface area contributed by atoms with Crippen LogP contribution in [-0.4, -0.2) is 39.4 Å². The van der Waals surface area contributed by atoms with Gasteiger partial charge in [0.05, 0.1) is 12.5 Å². The third-order valence-electron chi connectivity index (χ3n) is 6.07.